The van der Waals surface area contributed by atoms with Gasteiger partial charge in [0, 0.05) is 11.6 Å². The molecule has 78 valence electrons. The van der Waals surface area contributed by atoms with Crippen LogP contribution in [0.15, 0.2) is 4.60 Å². The van der Waals surface area contributed by atoms with E-state index >= 15 is 0 Å². The molecule has 1 aliphatic rings. The Morgan fingerprint density at radius 1 is 1.43 bits per heavy atom. The molecule has 0 amide bonds. The van der Waals surface area contributed by atoms with Gasteiger partial charge in [-0.05, 0) is 29.8 Å². The molecule has 1 aromatic rings. The molecule has 0 fully saturated rings. The number of nitrogens with zero attached hydrogens (tertiary/aromatic N) is 2. The normalized spacial score (nSPS) is 18.9. The van der Waals surface area contributed by atoms with Crippen LogP contribution < -0.4 is 0 Å². The van der Waals surface area contributed by atoms with Crippen molar-refractivity contribution in [2.24, 2.45) is 0 Å². The first-order valence-corrected chi connectivity index (χ1v) is 6.98. The van der Waals surface area contributed by atoms with Gasteiger partial charge in [0.25, 0.3) is 0 Å². The predicted octanol–water partition coefficient (Wildman–Crippen LogP) is 1.65. The fraction of sp³-hybridized carbons (Fsp3) is 0.625. The van der Waals surface area contributed by atoms with Gasteiger partial charge in [-0.25, -0.2) is 8.42 Å². The van der Waals surface area contributed by atoms with Crippen LogP contribution in [0.2, 0.25) is 0 Å². The van der Waals surface area contributed by atoms with E-state index in [1.165, 1.54) is 0 Å². The van der Waals surface area contributed by atoms with Crippen LogP contribution in [0.25, 0.3) is 0 Å². The van der Waals surface area contributed by atoms with Crippen LogP contribution in [0.3, 0.4) is 0 Å². The Bertz CT molecular complexity index is 476. The second-order valence-corrected chi connectivity index (χ2v) is 6.60. The number of sulfone groups is 1. The lowest BCUT2D eigenvalue weighted by Gasteiger charge is -2.07. The third-order valence-corrected chi connectivity index (χ3v) is 4.36. The van der Waals surface area contributed by atoms with Crippen LogP contribution in [-0.2, 0) is 21.3 Å². The highest BCUT2D eigenvalue weighted by Gasteiger charge is 2.32. The summed E-state index contributed by atoms with van der Waals surface area (Å²) >= 11 is 3.29. The van der Waals surface area contributed by atoms with Crippen molar-refractivity contribution in [3.63, 3.8) is 0 Å². The second-order valence-electron chi connectivity index (χ2n) is 3.79. The highest BCUT2D eigenvalue weighted by atomic mass is 79.9. The summed E-state index contributed by atoms with van der Waals surface area (Å²) in [4.78, 5) is 0. The van der Waals surface area contributed by atoms with Gasteiger partial charge in [-0.2, -0.15) is 5.10 Å². The minimum Gasteiger partial charge on any atom is -0.265 e. The Morgan fingerprint density at radius 3 is 2.64 bits per heavy atom. The van der Waals surface area contributed by atoms with E-state index in [0.29, 0.717) is 4.60 Å². The number of rotatable bonds is 1. The fourth-order valence-corrected chi connectivity index (χ4v) is 3.97. The third-order valence-electron chi connectivity index (χ3n) is 2.28. The molecule has 0 N–H and O–H groups in total. The summed E-state index contributed by atoms with van der Waals surface area (Å²) in [5.74, 6) is 0.245. The van der Waals surface area contributed by atoms with Crippen molar-refractivity contribution in [3.05, 3.63) is 15.9 Å². The van der Waals surface area contributed by atoms with Crippen LogP contribution in [-0.4, -0.2) is 18.2 Å². The van der Waals surface area contributed by atoms with Gasteiger partial charge in [0.15, 0.2) is 9.84 Å². The van der Waals surface area contributed by atoms with E-state index in [-0.39, 0.29) is 17.5 Å². The van der Waals surface area contributed by atoms with Crippen molar-refractivity contribution in [1.82, 2.24) is 9.78 Å². The van der Waals surface area contributed by atoms with E-state index in [9.17, 15) is 8.42 Å². The summed E-state index contributed by atoms with van der Waals surface area (Å²) in [6, 6.07) is 0.198. The molecule has 1 aromatic heterocycles. The average molecular weight is 279 g/mol. The molecular formula is C8H11BrN2O2S. The third kappa shape index (κ3) is 1.50. The molecule has 4 nitrogen and oxygen atoms in total. The summed E-state index contributed by atoms with van der Waals surface area (Å²) in [5.41, 5.74) is 1.67. The Kier molecular flexibility index (Phi) is 2.23. The number of fused-ring (bicyclic) bond motifs is 1. The molecule has 1 aliphatic heterocycles. The van der Waals surface area contributed by atoms with Crippen LogP contribution >= 0.6 is 15.9 Å². The first-order valence-electron chi connectivity index (χ1n) is 4.37. The summed E-state index contributed by atoms with van der Waals surface area (Å²) in [6.07, 6.45) is 0. The van der Waals surface area contributed by atoms with E-state index in [2.05, 4.69) is 21.0 Å². The Hall–Kier alpha value is -0.360. The lowest BCUT2D eigenvalue weighted by Crippen LogP contribution is -2.08. The van der Waals surface area contributed by atoms with Crippen molar-refractivity contribution in [2.45, 2.75) is 31.4 Å². The van der Waals surface area contributed by atoms with Crippen molar-refractivity contribution in [2.75, 3.05) is 0 Å². The zero-order chi connectivity index (χ0) is 10.5. The largest absolute Gasteiger partial charge is 0.265 e. The van der Waals surface area contributed by atoms with Crippen LogP contribution in [0, 0.1) is 0 Å². The predicted molar refractivity (Wildman–Crippen MR) is 56.6 cm³/mol. The van der Waals surface area contributed by atoms with Crippen molar-refractivity contribution >= 4 is 25.8 Å². The Balaban J connectivity index is 2.58. The monoisotopic (exact) mass is 278 g/mol. The maximum atomic E-state index is 11.4. The van der Waals surface area contributed by atoms with Gasteiger partial charge in [-0.15, -0.1) is 0 Å². The zero-order valence-electron chi connectivity index (χ0n) is 7.99. The summed E-state index contributed by atoms with van der Waals surface area (Å²) in [6.45, 7) is 3.98. The maximum absolute atomic E-state index is 11.4. The molecule has 0 bridgehead atoms. The average Bonchev–Trinajstić information content (AvgIpc) is 2.47. The molecule has 6 heteroatoms. The quantitative estimate of drug-likeness (QED) is 0.785. The Labute approximate surface area is 91.4 Å². The molecule has 0 unspecified atom stereocenters. The highest BCUT2D eigenvalue weighted by molar-refractivity contribution is 9.10. The van der Waals surface area contributed by atoms with E-state index in [4.69, 9.17) is 0 Å². The Morgan fingerprint density at radius 2 is 2.07 bits per heavy atom. The number of aromatic nitrogens is 2. The molecule has 0 radical (unpaired) electrons. The molecule has 0 saturated carbocycles. The number of halogens is 1. The van der Waals surface area contributed by atoms with Gasteiger partial charge in [0.2, 0.25) is 0 Å². The topological polar surface area (TPSA) is 52.0 Å². The van der Waals surface area contributed by atoms with Crippen molar-refractivity contribution in [1.29, 1.82) is 0 Å². The van der Waals surface area contributed by atoms with E-state index in [1.54, 1.807) is 4.68 Å². The number of hydrogen-bond acceptors (Lipinski definition) is 3. The number of hydrogen-bond donors (Lipinski definition) is 0. The maximum Gasteiger partial charge on any atom is 0.160 e. The lowest BCUT2D eigenvalue weighted by molar-refractivity contribution is 0.513. The molecule has 0 spiro atoms. The van der Waals surface area contributed by atoms with Gasteiger partial charge in [-0.1, -0.05) is 0 Å². The van der Waals surface area contributed by atoms with Crippen molar-refractivity contribution in [3.8, 4) is 0 Å². The van der Waals surface area contributed by atoms with E-state index in [1.807, 2.05) is 13.8 Å². The van der Waals surface area contributed by atoms with Crippen LogP contribution in [0.5, 0.6) is 0 Å². The smallest absolute Gasteiger partial charge is 0.160 e. The molecule has 0 atom stereocenters. The minimum atomic E-state index is -2.93. The molecule has 14 heavy (non-hydrogen) atoms. The standard InChI is InChI=1S/C8H11BrN2O2S/c1-5(2)11-7-4-14(12,13)3-6(7)8(9)10-11/h5H,3-4H2,1-2H3. The van der Waals surface area contributed by atoms with Gasteiger partial charge in [0.1, 0.15) is 4.60 Å². The highest BCUT2D eigenvalue weighted by Crippen LogP contribution is 2.32. The summed E-state index contributed by atoms with van der Waals surface area (Å²) < 4.78 is 25.3. The molecule has 0 aromatic carbocycles. The molecule has 2 heterocycles. The molecule has 0 saturated heterocycles. The first kappa shape index (κ1) is 10.2. The zero-order valence-corrected chi connectivity index (χ0v) is 10.4. The van der Waals surface area contributed by atoms with Gasteiger partial charge < -0.3 is 0 Å². The molecule has 2 rings (SSSR count). The summed E-state index contributed by atoms with van der Waals surface area (Å²) in [5, 5.41) is 4.27. The van der Waals surface area contributed by atoms with Gasteiger partial charge in [-0.3, -0.25) is 4.68 Å². The van der Waals surface area contributed by atoms with Gasteiger partial charge in [0.05, 0.1) is 17.2 Å². The molecule has 0 aliphatic carbocycles. The van der Waals surface area contributed by atoms with Crippen LogP contribution in [0.4, 0.5) is 0 Å². The SMILES string of the molecule is CC(C)n1nc(Br)c2c1CS(=O)(=O)C2. The van der Waals surface area contributed by atoms with Crippen molar-refractivity contribution < 1.29 is 8.42 Å². The van der Waals surface area contributed by atoms with E-state index in [0.717, 1.165) is 11.3 Å². The van der Waals surface area contributed by atoms with Crippen LogP contribution in [0.1, 0.15) is 31.1 Å². The fourth-order valence-electron chi connectivity index (χ4n) is 1.68. The second kappa shape index (κ2) is 3.06. The summed E-state index contributed by atoms with van der Waals surface area (Å²) in [7, 11) is -2.93. The van der Waals surface area contributed by atoms with E-state index < -0.39 is 9.84 Å². The first-order chi connectivity index (χ1) is 6.41. The lowest BCUT2D eigenvalue weighted by atomic mass is 10.3. The minimum absolute atomic E-state index is 0.121. The van der Waals surface area contributed by atoms with Gasteiger partial charge >= 0.3 is 0 Å². The molecular weight excluding hydrogens is 268 g/mol.